The molecule has 1 rings (SSSR count). The minimum Gasteiger partial charge on any atom is -0.384 e. The van der Waals surface area contributed by atoms with Gasteiger partial charge in [0.2, 0.25) is 0 Å². The van der Waals surface area contributed by atoms with E-state index in [0.717, 1.165) is 16.3 Å². The molecule has 0 amide bonds. The second kappa shape index (κ2) is 5.42. The Morgan fingerprint density at radius 3 is 3.00 bits per heavy atom. The fourth-order valence-electron chi connectivity index (χ4n) is 0.781. The van der Waals surface area contributed by atoms with Crippen molar-refractivity contribution in [3.05, 3.63) is 17.0 Å². The Bertz CT molecular complexity index is 283. The molecule has 3 nitrogen and oxygen atoms in total. The molecule has 0 aliphatic rings. The van der Waals surface area contributed by atoms with Crippen LogP contribution in [0.1, 0.15) is 5.56 Å². The molecule has 0 aliphatic carbocycles. The van der Waals surface area contributed by atoms with E-state index in [1.807, 2.05) is 6.92 Å². The topological polar surface area (TPSA) is 35.0 Å². The zero-order chi connectivity index (χ0) is 9.68. The van der Waals surface area contributed by atoms with Crippen molar-refractivity contribution in [3.63, 3.8) is 0 Å². The van der Waals surface area contributed by atoms with Crippen molar-refractivity contribution >= 4 is 23.4 Å². The van der Waals surface area contributed by atoms with Crippen LogP contribution < -0.4 is 0 Å². The summed E-state index contributed by atoms with van der Waals surface area (Å²) in [7, 11) is 1.68. The second-order valence-corrected chi connectivity index (χ2v) is 3.88. The molecule has 0 radical (unpaired) electrons. The van der Waals surface area contributed by atoms with Gasteiger partial charge in [0.25, 0.3) is 0 Å². The molecule has 5 heteroatoms. The van der Waals surface area contributed by atoms with E-state index in [9.17, 15) is 0 Å². The van der Waals surface area contributed by atoms with Crippen molar-refractivity contribution in [3.8, 4) is 0 Å². The highest BCUT2D eigenvalue weighted by atomic mass is 35.5. The van der Waals surface area contributed by atoms with E-state index in [0.29, 0.717) is 11.8 Å². The van der Waals surface area contributed by atoms with Gasteiger partial charge in [-0.2, -0.15) is 0 Å². The number of nitrogens with zero attached hydrogens (tertiary/aromatic N) is 2. The normalized spacial score (nSPS) is 10.4. The van der Waals surface area contributed by atoms with Crippen LogP contribution in [0.3, 0.4) is 0 Å². The molecule has 0 aromatic carbocycles. The van der Waals surface area contributed by atoms with Crippen LogP contribution in [0.25, 0.3) is 0 Å². The largest absolute Gasteiger partial charge is 0.384 e. The molecule has 0 spiro atoms. The maximum absolute atomic E-state index is 5.83. The molecular formula is C8H11ClN2OS. The van der Waals surface area contributed by atoms with Crippen molar-refractivity contribution in [2.24, 2.45) is 0 Å². The average Bonchev–Trinajstić information content (AvgIpc) is 2.13. The fraction of sp³-hybridized carbons (Fsp3) is 0.500. The van der Waals surface area contributed by atoms with Gasteiger partial charge in [-0.15, -0.1) is 11.8 Å². The summed E-state index contributed by atoms with van der Waals surface area (Å²) in [5.41, 5.74) is 0.935. The van der Waals surface area contributed by atoms with Gasteiger partial charge in [-0.1, -0.05) is 11.6 Å². The maximum Gasteiger partial charge on any atom is 0.136 e. The van der Waals surface area contributed by atoms with Crippen molar-refractivity contribution in [1.82, 2.24) is 9.97 Å². The number of halogens is 1. The Labute approximate surface area is 86.9 Å². The second-order valence-electron chi connectivity index (χ2n) is 2.44. The fourth-order valence-corrected chi connectivity index (χ4v) is 1.85. The molecule has 72 valence electrons. The smallest absolute Gasteiger partial charge is 0.136 e. The first kappa shape index (κ1) is 10.8. The van der Waals surface area contributed by atoms with Crippen LogP contribution >= 0.6 is 23.4 Å². The van der Waals surface area contributed by atoms with Gasteiger partial charge in [-0.25, -0.2) is 9.97 Å². The van der Waals surface area contributed by atoms with Gasteiger partial charge in [0.1, 0.15) is 16.5 Å². The molecule has 13 heavy (non-hydrogen) atoms. The lowest BCUT2D eigenvalue weighted by Gasteiger charge is -2.03. The minimum absolute atomic E-state index is 0.523. The third kappa shape index (κ3) is 3.14. The number of hydrogen-bond acceptors (Lipinski definition) is 4. The quantitative estimate of drug-likeness (QED) is 0.441. The minimum atomic E-state index is 0.523. The number of ether oxygens (including phenoxy) is 1. The Morgan fingerprint density at radius 2 is 2.31 bits per heavy atom. The van der Waals surface area contributed by atoms with Crippen LogP contribution in [0.5, 0.6) is 0 Å². The first-order valence-corrected chi connectivity index (χ1v) is 5.21. The summed E-state index contributed by atoms with van der Waals surface area (Å²) in [6, 6.07) is 0. The maximum atomic E-state index is 5.83. The van der Waals surface area contributed by atoms with Crippen molar-refractivity contribution in [1.29, 1.82) is 0 Å². The predicted molar refractivity (Wildman–Crippen MR) is 54.4 cm³/mol. The molecule has 0 aliphatic heterocycles. The molecule has 0 unspecified atom stereocenters. The third-order valence-electron chi connectivity index (χ3n) is 1.50. The van der Waals surface area contributed by atoms with Crippen LogP contribution in [0, 0.1) is 6.92 Å². The molecule has 0 atom stereocenters. The molecule has 0 fully saturated rings. The number of thioether (sulfide) groups is 1. The van der Waals surface area contributed by atoms with Crippen molar-refractivity contribution in [2.75, 3.05) is 19.5 Å². The van der Waals surface area contributed by atoms with E-state index >= 15 is 0 Å². The summed E-state index contributed by atoms with van der Waals surface area (Å²) < 4.78 is 4.94. The SMILES string of the molecule is COCCSc1ncnc(Cl)c1C. The Kier molecular flexibility index (Phi) is 4.48. The first-order valence-electron chi connectivity index (χ1n) is 3.84. The van der Waals surface area contributed by atoms with E-state index in [-0.39, 0.29) is 0 Å². The van der Waals surface area contributed by atoms with Crippen LogP contribution in [0.15, 0.2) is 11.4 Å². The van der Waals surface area contributed by atoms with Gasteiger partial charge in [0.15, 0.2) is 0 Å². The van der Waals surface area contributed by atoms with Gasteiger partial charge < -0.3 is 4.74 Å². The molecule has 0 saturated heterocycles. The highest BCUT2D eigenvalue weighted by Crippen LogP contribution is 2.23. The van der Waals surface area contributed by atoms with Crippen molar-refractivity contribution in [2.45, 2.75) is 11.9 Å². The van der Waals surface area contributed by atoms with Crippen LogP contribution in [-0.4, -0.2) is 29.4 Å². The Hall–Kier alpha value is -0.320. The lowest BCUT2D eigenvalue weighted by molar-refractivity contribution is 0.218. The summed E-state index contributed by atoms with van der Waals surface area (Å²) in [5, 5.41) is 1.45. The molecule has 0 bridgehead atoms. The van der Waals surface area contributed by atoms with Gasteiger partial charge >= 0.3 is 0 Å². The predicted octanol–water partition coefficient (Wildman–Crippen LogP) is 2.18. The standard InChI is InChI=1S/C8H11ClN2OS/c1-6-7(9)10-5-11-8(6)13-4-3-12-2/h5H,3-4H2,1-2H3. The molecule has 0 N–H and O–H groups in total. The Morgan fingerprint density at radius 1 is 1.54 bits per heavy atom. The number of rotatable bonds is 4. The van der Waals surface area contributed by atoms with Crippen LogP contribution in [0.4, 0.5) is 0 Å². The number of aromatic nitrogens is 2. The molecule has 0 saturated carbocycles. The van der Waals surface area contributed by atoms with Gasteiger partial charge in [-0.3, -0.25) is 0 Å². The Balaban J connectivity index is 2.61. The summed E-state index contributed by atoms with van der Waals surface area (Å²) in [6.45, 7) is 2.63. The molecular weight excluding hydrogens is 208 g/mol. The molecule has 1 heterocycles. The average molecular weight is 219 g/mol. The van der Waals surface area contributed by atoms with Gasteiger partial charge in [0, 0.05) is 18.4 Å². The monoisotopic (exact) mass is 218 g/mol. The van der Waals surface area contributed by atoms with E-state index in [2.05, 4.69) is 9.97 Å². The highest BCUT2D eigenvalue weighted by molar-refractivity contribution is 7.99. The van der Waals surface area contributed by atoms with Crippen LogP contribution in [0.2, 0.25) is 5.15 Å². The van der Waals surface area contributed by atoms with Gasteiger partial charge in [-0.05, 0) is 6.92 Å². The lowest BCUT2D eigenvalue weighted by Crippen LogP contribution is -1.95. The van der Waals surface area contributed by atoms with Crippen molar-refractivity contribution < 1.29 is 4.74 Å². The van der Waals surface area contributed by atoms with Crippen LogP contribution in [-0.2, 0) is 4.74 Å². The summed E-state index contributed by atoms with van der Waals surface area (Å²) in [6.07, 6.45) is 1.48. The number of methoxy groups -OCH3 is 1. The summed E-state index contributed by atoms with van der Waals surface area (Å²) in [4.78, 5) is 8.00. The summed E-state index contributed by atoms with van der Waals surface area (Å²) >= 11 is 7.46. The third-order valence-corrected chi connectivity index (χ3v) is 2.94. The first-order chi connectivity index (χ1) is 6.25. The number of hydrogen-bond donors (Lipinski definition) is 0. The highest BCUT2D eigenvalue weighted by Gasteiger charge is 2.04. The van der Waals surface area contributed by atoms with Gasteiger partial charge in [0.05, 0.1) is 6.61 Å². The van der Waals surface area contributed by atoms with E-state index in [4.69, 9.17) is 16.3 Å². The molecule has 1 aromatic heterocycles. The van der Waals surface area contributed by atoms with E-state index in [1.54, 1.807) is 18.9 Å². The van der Waals surface area contributed by atoms with E-state index < -0.39 is 0 Å². The zero-order valence-electron chi connectivity index (χ0n) is 7.58. The lowest BCUT2D eigenvalue weighted by atomic mass is 10.4. The van der Waals surface area contributed by atoms with E-state index in [1.165, 1.54) is 6.33 Å². The zero-order valence-corrected chi connectivity index (χ0v) is 9.15. The molecule has 1 aromatic rings. The summed E-state index contributed by atoms with van der Waals surface area (Å²) in [5.74, 6) is 0.880.